The molecule has 2 aromatic carbocycles. The van der Waals surface area contributed by atoms with Gasteiger partial charge in [0.2, 0.25) is 18.0 Å². The molecule has 368 valence electrons. The van der Waals surface area contributed by atoms with E-state index >= 15 is 4.39 Å². The first-order valence-electron chi connectivity index (χ1n) is 23.7. The van der Waals surface area contributed by atoms with Gasteiger partial charge in [-0.15, -0.1) is 11.3 Å². The minimum absolute atomic E-state index is 0.164. The number of likely N-dealkylation sites (tertiary alicyclic amines) is 2. The van der Waals surface area contributed by atoms with E-state index < -0.39 is 36.3 Å². The highest BCUT2D eigenvalue weighted by Crippen LogP contribution is 2.49. The molecule has 0 spiro atoms. The number of aromatic nitrogens is 7. The predicted molar refractivity (Wildman–Crippen MR) is 262 cm³/mol. The van der Waals surface area contributed by atoms with Gasteiger partial charge in [0.15, 0.2) is 0 Å². The van der Waals surface area contributed by atoms with E-state index in [9.17, 15) is 19.2 Å². The van der Waals surface area contributed by atoms with Crippen molar-refractivity contribution in [2.24, 2.45) is 11.8 Å². The number of halogens is 1. The number of hydrogen-bond acceptors (Lipinski definition) is 12. The number of ether oxygens (including phenoxy) is 3. The number of benzene rings is 2. The molecule has 0 saturated carbocycles. The lowest BCUT2D eigenvalue weighted by Gasteiger charge is -2.30. The Bertz CT molecular complexity index is 3150. The summed E-state index contributed by atoms with van der Waals surface area (Å²) in [7, 11) is 2.54. The van der Waals surface area contributed by atoms with E-state index in [1.807, 2.05) is 74.7 Å². The van der Waals surface area contributed by atoms with Crippen LogP contribution in [0.3, 0.4) is 0 Å². The number of pyridine rings is 1. The first-order chi connectivity index (χ1) is 34.3. The molecule has 8 heterocycles. The molecule has 5 atom stereocenters. The molecule has 18 nitrogen and oxygen atoms in total. The molecule has 3 aliphatic heterocycles. The molecule has 1 unspecified atom stereocenters. The maximum absolute atomic E-state index is 17.0. The van der Waals surface area contributed by atoms with Crippen LogP contribution in [0.25, 0.3) is 55.2 Å². The van der Waals surface area contributed by atoms with Crippen molar-refractivity contribution in [2.75, 3.05) is 27.3 Å². The zero-order valence-electron chi connectivity index (χ0n) is 40.1. The number of H-pyrrole nitrogens is 2. The molecule has 3 aliphatic rings. The Hall–Kier alpha value is -7.61. The molecule has 4 amide bonds. The molecule has 5 aromatic heterocycles. The summed E-state index contributed by atoms with van der Waals surface area (Å²) in [5.41, 5.74) is 5.26. The van der Waals surface area contributed by atoms with E-state index in [1.54, 1.807) is 40.8 Å². The number of rotatable bonds is 12. The van der Waals surface area contributed by atoms with Crippen LogP contribution in [-0.2, 0) is 19.1 Å². The van der Waals surface area contributed by atoms with Crippen molar-refractivity contribution in [3.63, 3.8) is 0 Å². The van der Waals surface area contributed by atoms with Gasteiger partial charge >= 0.3 is 12.2 Å². The fourth-order valence-electron chi connectivity index (χ4n) is 10.0. The van der Waals surface area contributed by atoms with Crippen LogP contribution in [0.1, 0.15) is 88.2 Å². The van der Waals surface area contributed by atoms with Gasteiger partial charge in [-0.2, -0.15) is 0 Å². The van der Waals surface area contributed by atoms with Crippen LogP contribution < -0.4 is 15.4 Å². The van der Waals surface area contributed by atoms with Crippen LogP contribution in [-0.4, -0.2) is 108 Å². The number of nitrogens with one attached hydrogen (secondary N) is 4. The quantitative estimate of drug-likeness (QED) is 0.0908. The minimum atomic E-state index is -0.786. The average molecular weight is 984 g/mol. The summed E-state index contributed by atoms with van der Waals surface area (Å²) in [6.45, 7) is 8.51. The van der Waals surface area contributed by atoms with E-state index in [1.165, 1.54) is 31.6 Å². The molecular weight excluding hydrogens is 930 g/mol. The summed E-state index contributed by atoms with van der Waals surface area (Å²) in [5.74, 6) is 0.255. The molecule has 71 heavy (non-hydrogen) atoms. The van der Waals surface area contributed by atoms with Gasteiger partial charge in [-0.3, -0.25) is 19.1 Å². The van der Waals surface area contributed by atoms with Crippen molar-refractivity contribution >= 4 is 46.2 Å². The summed E-state index contributed by atoms with van der Waals surface area (Å²) in [6.07, 6.45) is 9.46. The molecule has 20 heteroatoms. The van der Waals surface area contributed by atoms with Gasteiger partial charge in [0.25, 0.3) is 0 Å². The van der Waals surface area contributed by atoms with Gasteiger partial charge in [-0.1, -0.05) is 33.8 Å². The molecule has 7 aromatic rings. The van der Waals surface area contributed by atoms with Gasteiger partial charge in [0.1, 0.15) is 40.3 Å². The zero-order chi connectivity index (χ0) is 49.7. The third-order valence-corrected chi connectivity index (χ3v) is 14.7. The van der Waals surface area contributed by atoms with E-state index in [0.717, 1.165) is 50.5 Å². The van der Waals surface area contributed by atoms with E-state index in [2.05, 4.69) is 25.6 Å². The third kappa shape index (κ3) is 8.84. The summed E-state index contributed by atoms with van der Waals surface area (Å²) >= 11 is 1.47. The van der Waals surface area contributed by atoms with Crippen molar-refractivity contribution in [1.29, 1.82) is 0 Å². The maximum Gasteiger partial charge on any atom is 0.407 e. The van der Waals surface area contributed by atoms with Crippen molar-refractivity contribution in [3.05, 3.63) is 102 Å². The Morgan fingerprint density at radius 3 is 1.92 bits per heavy atom. The van der Waals surface area contributed by atoms with Crippen LogP contribution in [0.15, 0.2) is 79.5 Å². The topological polar surface area (TPSA) is 215 Å². The minimum Gasteiger partial charge on any atom is -0.464 e. The number of imidazole rings is 2. The molecule has 4 N–H and O–H groups in total. The van der Waals surface area contributed by atoms with Crippen LogP contribution in [0, 0.1) is 17.7 Å². The van der Waals surface area contributed by atoms with Gasteiger partial charge in [0, 0.05) is 53.8 Å². The normalized spacial score (nSPS) is 18.3. The Morgan fingerprint density at radius 1 is 0.746 bits per heavy atom. The Balaban J connectivity index is 0.983. The van der Waals surface area contributed by atoms with Crippen molar-refractivity contribution in [3.8, 4) is 50.1 Å². The summed E-state index contributed by atoms with van der Waals surface area (Å²) < 4.78 is 35.5. The molecule has 2 saturated heterocycles. The van der Waals surface area contributed by atoms with Crippen LogP contribution in [0.5, 0.6) is 5.75 Å². The number of carbonyl (C=O) groups excluding carboxylic acids is 4. The Labute approximate surface area is 412 Å². The first kappa shape index (κ1) is 47.1. The highest BCUT2D eigenvalue weighted by Gasteiger charge is 2.40. The summed E-state index contributed by atoms with van der Waals surface area (Å²) in [6, 6.07) is 12.8. The highest BCUT2D eigenvalue weighted by atomic mass is 32.1. The second-order valence-corrected chi connectivity index (χ2v) is 19.8. The molecular formula is C51H54FN11O7S. The SMILES string of the molecule is COC(=O)N[C@H](C(=O)N1CCC[C@H]1c1ncc(-c2cc(F)c3c(c2)OC(c2cnc(-c4ccncc4)s2)n2c-3cc3cc(-c4cnc([C@@H]5CCCN5C(=O)[C@@H](NC(=O)OC)C(C)C)[nH]4)ccc32)[nH]1)C(C)C. The van der Waals surface area contributed by atoms with Crippen molar-refractivity contribution in [2.45, 2.75) is 83.8 Å². The number of carbonyl (C=O) groups is 4. The Kier molecular flexibility index (Phi) is 12.8. The van der Waals surface area contributed by atoms with E-state index in [0.29, 0.717) is 65.8 Å². The average Bonchev–Trinajstić information content (AvgIpc) is 4.24. The summed E-state index contributed by atoms with van der Waals surface area (Å²) in [5, 5.41) is 7.00. The standard InChI is InChI=1S/C51H54FN11O7S/c1-26(2)42(59-50(66)68-5)47(64)61-17-7-9-36(61)44-54-23-33(57-44)29-11-12-35-31(19-29)21-38-41-32(52)20-30(22-39(41)70-49(63(35)38)40-25-56-46(71-40)28-13-15-53-16-14-28)34-24-55-45(58-34)37-10-8-18-62(37)48(65)43(27(3)4)60-51(67)69-6/h11-16,19-27,36-37,42-43,49H,7-10,17-18H2,1-6H3,(H,54,57)(H,55,58)(H,59,66)(H,60,67)/t36-,37-,42-,43-,49?/m0/s1. The van der Waals surface area contributed by atoms with Gasteiger partial charge in [-0.25, -0.2) is 28.9 Å². The number of aromatic amines is 2. The van der Waals surface area contributed by atoms with Crippen LogP contribution in [0.4, 0.5) is 14.0 Å². The first-order valence-corrected chi connectivity index (χ1v) is 24.6. The maximum atomic E-state index is 17.0. The zero-order valence-corrected chi connectivity index (χ0v) is 40.9. The fraction of sp³-hybridized carbons (Fsp3) is 0.373. The highest BCUT2D eigenvalue weighted by molar-refractivity contribution is 7.15. The number of methoxy groups -OCH3 is 2. The largest absolute Gasteiger partial charge is 0.464 e. The number of fused-ring (bicyclic) bond motifs is 5. The number of amides is 4. The molecule has 0 radical (unpaired) electrons. The van der Waals surface area contributed by atoms with E-state index in [4.69, 9.17) is 29.2 Å². The second-order valence-electron chi connectivity index (χ2n) is 18.7. The fourth-order valence-corrected chi connectivity index (χ4v) is 10.9. The number of nitrogens with zero attached hydrogens (tertiary/aromatic N) is 7. The number of thiazole rings is 1. The van der Waals surface area contributed by atoms with Gasteiger partial charge in [0.05, 0.1) is 71.7 Å². The predicted octanol–water partition coefficient (Wildman–Crippen LogP) is 8.77. The van der Waals surface area contributed by atoms with Gasteiger partial charge in [-0.05, 0) is 80.0 Å². The lowest BCUT2D eigenvalue weighted by molar-refractivity contribution is -0.136. The molecule has 0 aliphatic carbocycles. The molecule has 0 bridgehead atoms. The monoisotopic (exact) mass is 983 g/mol. The second kappa shape index (κ2) is 19.3. The van der Waals surface area contributed by atoms with Gasteiger partial charge < -0.3 is 44.6 Å². The number of hydrogen-bond donors (Lipinski definition) is 4. The van der Waals surface area contributed by atoms with Crippen LogP contribution in [0.2, 0.25) is 0 Å². The molecule has 10 rings (SSSR count). The summed E-state index contributed by atoms with van der Waals surface area (Å²) in [4.78, 5) is 81.5. The van der Waals surface area contributed by atoms with Crippen molar-refractivity contribution in [1.82, 2.24) is 54.9 Å². The molecule has 2 fully saturated rings. The lowest BCUT2D eigenvalue weighted by Crippen LogP contribution is -2.51. The Morgan fingerprint density at radius 2 is 1.34 bits per heavy atom. The number of alkyl carbamates (subject to hydrolysis) is 2. The van der Waals surface area contributed by atoms with Crippen LogP contribution >= 0.6 is 11.3 Å². The van der Waals surface area contributed by atoms with E-state index in [-0.39, 0.29) is 35.7 Å². The third-order valence-electron chi connectivity index (χ3n) is 13.6. The smallest absolute Gasteiger partial charge is 0.407 e. The lowest BCUT2D eigenvalue weighted by atomic mass is 10.0. The van der Waals surface area contributed by atoms with Crippen molar-refractivity contribution < 1.29 is 37.8 Å².